The zero-order valence-electron chi connectivity index (χ0n) is 87.7. The first-order valence-electron chi connectivity index (χ1n) is 50.3. The Morgan fingerprint density at radius 1 is 0.321 bits per heavy atom. The quantitative estimate of drug-likeness (QED) is 0.0511. The molecule has 18 rings (SSSR count). The van der Waals surface area contributed by atoms with Crippen LogP contribution in [0.4, 0.5) is 0 Å². The molecule has 0 radical (unpaired) electrons. The zero-order chi connectivity index (χ0) is 96.2. The molecular weight excluding hydrogens is 1810 g/mol. The Morgan fingerprint density at radius 3 is 0.694 bits per heavy atom. The first-order chi connectivity index (χ1) is 62.5. The summed E-state index contributed by atoms with van der Waals surface area (Å²) in [6, 6.07) is 64.2. The minimum absolute atomic E-state index is 0. The molecule has 10 aromatic rings. The fourth-order valence-electron chi connectivity index (χ4n) is 22.5. The number of para-hydroxylation sites is 2. The number of hydrogen-bond donors (Lipinski definition) is 2. The first-order valence-corrected chi connectivity index (χ1v) is 54.5. The van der Waals surface area contributed by atoms with Gasteiger partial charge in [-0.1, -0.05) is 287 Å². The average Bonchev–Trinajstić information content (AvgIpc) is 0.826. The van der Waals surface area contributed by atoms with Crippen LogP contribution in [0, 0.1) is 65.6 Å². The molecule has 11 heteroatoms. The Labute approximate surface area is 850 Å². The van der Waals surface area contributed by atoms with Gasteiger partial charge in [-0.3, -0.25) is 0 Å². The number of benzene rings is 8. The van der Waals surface area contributed by atoms with E-state index in [2.05, 4.69) is 358 Å². The van der Waals surface area contributed by atoms with Gasteiger partial charge in [-0.25, -0.2) is 0 Å². The molecule has 8 aliphatic carbocycles. The molecule has 0 atom stereocenters. The van der Waals surface area contributed by atoms with Gasteiger partial charge in [0.2, 0.25) is 0 Å². The molecule has 0 aliphatic heterocycles. The third-order valence-corrected chi connectivity index (χ3v) is 35.1. The van der Waals surface area contributed by atoms with Gasteiger partial charge in [-0.15, -0.1) is 0 Å². The molecule has 0 unspecified atom stereocenters. The van der Waals surface area contributed by atoms with Crippen molar-refractivity contribution in [3.63, 3.8) is 0 Å². The summed E-state index contributed by atoms with van der Waals surface area (Å²) in [5, 5.41) is 40.4. The standard InChI is InChI=1S/2C36H50O.2C10H15N.2C10H12.2C5H3N2.CH3.2Mo.Na/c2*1-20(2)26-16-30(22(5)6)34(31(17-26)23(7)8)28-14-13-15-29(36(28)37)35-32(24(9)10)18-27(21(3)4)19-33(35)25(11)12;2*11-10-4-7-1-8(5-10)3-9(2-7)6-10;2*1-10(2,3)9-7-5-4-6-8-9;2*6-4-5-2-1-3-7-5;;;;/h2*13-25,37H,1-12H3;2*7-9H,1-6H2;2*1,4-8H,2-3H3;2*1-3H;1H3;;;/q;;;;;;3*-1;;;+1. The molecule has 8 nitrogen and oxygen atoms in total. The predicted octanol–water partition coefficient (Wildman–Crippen LogP) is 31.4. The second kappa shape index (κ2) is 48.5. The molecule has 2 N–H and O–H groups in total. The largest absolute Gasteiger partial charge is 1.00 e. The Balaban J connectivity index is 0.000000193. The van der Waals surface area contributed by atoms with Gasteiger partial charge >= 0.3 is 315 Å². The summed E-state index contributed by atoms with van der Waals surface area (Å²) >= 11 is -0.705. The zero-order valence-corrected chi connectivity index (χ0v) is 93.8. The monoisotopic (exact) mass is 1980 g/mol. The van der Waals surface area contributed by atoms with Crippen LogP contribution in [0.25, 0.3) is 44.5 Å². The van der Waals surface area contributed by atoms with E-state index in [4.69, 9.17) is 17.5 Å². The van der Waals surface area contributed by atoms with E-state index in [0.29, 0.717) is 105 Å². The average molecular weight is 1970 g/mol. The van der Waals surface area contributed by atoms with E-state index >= 15 is 0 Å². The molecule has 712 valence electrons. The van der Waals surface area contributed by atoms with Gasteiger partial charge in [0.15, 0.2) is 0 Å². The minimum atomic E-state index is -0.353. The van der Waals surface area contributed by atoms with E-state index in [9.17, 15) is 10.2 Å². The van der Waals surface area contributed by atoms with Crippen LogP contribution in [0.3, 0.4) is 0 Å². The Kier molecular flexibility index (Phi) is 39.9. The van der Waals surface area contributed by atoms with Crippen LogP contribution < -0.4 is 39.5 Å². The van der Waals surface area contributed by atoms with Crippen LogP contribution in [0.1, 0.15) is 431 Å². The van der Waals surface area contributed by atoms with Crippen molar-refractivity contribution in [2.45, 2.75) is 364 Å². The van der Waals surface area contributed by atoms with Crippen molar-refractivity contribution in [3.8, 4) is 68.1 Å². The van der Waals surface area contributed by atoms with Gasteiger partial charge in [0.1, 0.15) is 11.5 Å². The fourth-order valence-corrected chi connectivity index (χ4v) is 26.9. The molecule has 8 bridgehead atoms. The third kappa shape index (κ3) is 27.2. The maximum Gasteiger partial charge on any atom is 1.00 e. The summed E-state index contributed by atoms with van der Waals surface area (Å²) in [5.41, 5.74) is 29.8. The number of rotatable bonds is 22. The molecule has 0 spiro atoms. The van der Waals surface area contributed by atoms with Crippen LogP contribution in [-0.2, 0) is 46.7 Å². The van der Waals surface area contributed by atoms with Crippen molar-refractivity contribution in [2.24, 2.45) is 42.5 Å². The molecule has 0 saturated heterocycles. The molecule has 134 heavy (non-hydrogen) atoms. The smallest absolute Gasteiger partial charge is 0.655 e. The number of phenols is 2. The summed E-state index contributed by atoms with van der Waals surface area (Å²) in [6.07, 6.45) is 20.8. The molecule has 8 aliphatic rings. The molecular formula is C123H163Mo2N6NaO2-2. The van der Waals surface area contributed by atoms with Gasteiger partial charge in [-0.2, -0.15) is 22.9 Å². The molecule has 8 saturated carbocycles. The molecule has 0 amide bonds. The van der Waals surface area contributed by atoms with E-state index in [1.807, 2.05) is 12.1 Å². The second-order valence-corrected chi connectivity index (χ2v) is 48.0. The van der Waals surface area contributed by atoms with E-state index in [-0.39, 0.29) is 83.7 Å². The van der Waals surface area contributed by atoms with Gasteiger partial charge in [-0.05, 0) is 160 Å². The van der Waals surface area contributed by atoms with Gasteiger partial charge in [0.25, 0.3) is 0 Å². The van der Waals surface area contributed by atoms with E-state index in [1.54, 1.807) is 36.7 Å². The van der Waals surface area contributed by atoms with Crippen molar-refractivity contribution < 1.29 is 75.6 Å². The summed E-state index contributed by atoms with van der Waals surface area (Å²) in [4.78, 5) is 7.35. The van der Waals surface area contributed by atoms with Crippen molar-refractivity contribution in [1.29, 1.82) is 10.5 Å². The minimum Gasteiger partial charge on any atom is -0.655 e. The van der Waals surface area contributed by atoms with Crippen LogP contribution in [0.2, 0.25) is 0 Å². The van der Waals surface area contributed by atoms with Crippen molar-refractivity contribution in [3.05, 3.63) is 279 Å². The number of hydrogen-bond acceptors (Lipinski definition) is 6. The van der Waals surface area contributed by atoms with Crippen LogP contribution in [0.5, 0.6) is 11.5 Å². The molecule has 8 fully saturated rings. The molecule has 8 aromatic carbocycles. The fraction of sp³-hybridized carbons (Fsp3) is 0.504. The topological polar surface area (TPSA) is 141 Å². The Morgan fingerprint density at radius 2 is 0.530 bits per heavy atom. The maximum absolute atomic E-state index is 12.1. The van der Waals surface area contributed by atoms with Gasteiger partial charge in [0, 0.05) is 22.3 Å². The van der Waals surface area contributed by atoms with Gasteiger partial charge < -0.3 is 27.6 Å². The maximum atomic E-state index is 12.1. The van der Waals surface area contributed by atoms with Crippen molar-refractivity contribution in [1.82, 2.24) is 9.97 Å². The van der Waals surface area contributed by atoms with Crippen molar-refractivity contribution >= 4 is 8.80 Å². The summed E-state index contributed by atoms with van der Waals surface area (Å²) in [6.45, 7) is 63.9. The Bertz CT molecular complexity index is 5000. The van der Waals surface area contributed by atoms with E-state index in [0.717, 1.165) is 57.8 Å². The van der Waals surface area contributed by atoms with Crippen molar-refractivity contribution in [2.75, 3.05) is 0 Å². The third-order valence-electron chi connectivity index (χ3n) is 29.3. The number of aromatic hydroxyl groups is 2. The van der Waals surface area contributed by atoms with Crippen LogP contribution in [0.15, 0.2) is 189 Å². The van der Waals surface area contributed by atoms with Crippen LogP contribution in [-0.4, -0.2) is 30.1 Å². The number of aromatic nitrogens is 2. The van der Waals surface area contributed by atoms with E-state index in [1.165, 1.54) is 177 Å². The SMILES string of the molecule is CC(C)([CH]=[Mo]=[N]C12CC3CC(CC(C3)C1)C2)c1ccccc1.CC(C)([CH]=[Mo]=[N]C12CC3CC(CC(C3)C1)C2)c1ccccc1.CC(C)c1cc(C(C)C)c(-c2cccc(-c3c(C(C)C)cc(C(C)C)cc3C(C)C)c2O)c(C(C)C)c1.CC(C)c1cc(C(C)C)c(-c2cccc(-c3c(C(C)C)cc(C(C)C)cc3C(C)C)c2O)c(C(C)C)c1.N#Cc1ccc[n-]1.N#Cc1ccc[n-]1.[CH3-].[Na+]. The summed E-state index contributed by atoms with van der Waals surface area (Å²) < 4.78 is 15.9. The Hall–Kier alpha value is -7.38. The van der Waals surface area contributed by atoms with E-state index < -0.39 is 0 Å². The summed E-state index contributed by atoms with van der Waals surface area (Å²) in [7, 11) is 0. The predicted molar refractivity (Wildman–Crippen MR) is 560 cm³/mol. The number of nitriles is 2. The second-order valence-electron chi connectivity index (χ2n) is 44.9. The molecule has 2 aromatic heterocycles. The normalized spacial score (nSPS) is 19.5. The molecule has 2 heterocycles. The van der Waals surface area contributed by atoms with Crippen LogP contribution >= 0.6 is 0 Å². The number of nitrogens with zero attached hydrogens (tertiary/aromatic N) is 6. The van der Waals surface area contributed by atoms with Gasteiger partial charge in [0.05, 0.1) is 12.1 Å². The number of phenolic OH excluding ortho intramolecular Hbond substituents is 2. The summed E-state index contributed by atoms with van der Waals surface area (Å²) in [5.74, 6) is 11.6. The first kappa shape index (κ1) is 110.